The molecule has 0 aliphatic carbocycles. The van der Waals surface area contributed by atoms with Crippen molar-refractivity contribution in [3.63, 3.8) is 0 Å². The van der Waals surface area contributed by atoms with Crippen LogP contribution in [0.2, 0.25) is 5.15 Å². The van der Waals surface area contributed by atoms with E-state index in [2.05, 4.69) is 10.3 Å². The van der Waals surface area contributed by atoms with Gasteiger partial charge in [0.2, 0.25) is 0 Å². The number of likely N-dealkylation sites (N-methyl/N-ethyl adjacent to an activating group) is 1. The Bertz CT molecular complexity index is 537. The van der Waals surface area contributed by atoms with Crippen LogP contribution in [0.15, 0.2) is 12.3 Å². The molecule has 0 bridgehead atoms. The van der Waals surface area contributed by atoms with Crippen LogP contribution in [0.4, 0.5) is 5.69 Å². The Kier molecular flexibility index (Phi) is 4.51. The molecule has 2 heterocycles. The van der Waals surface area contributed by atoms with Crippen molar-refractivity contribution in [3.05, 3.63) is 33.1 Å². The van der Waals surface area contributed by atoms with Gasteiger partial charge in [0, 0.05) is 25.2 Å². The summed E-state index contributed by atoms with van der Waals surface area (Å²) in [4.78, 5) is 28.1. The van der Waals surface area contributed by atoms with E-state index in [4.69, 9.17) is 11.6 Å². The molecule has 7 nitrogen and oxygen atoms in total. The molecule has 20 heavy (non-hydrogen) atoms. The van der Waals surface area contributed by atoms with Crippen LogP contribution in [0.3, 0.4) is 0 Å². The molecule has 1 aromatic heterocycles. The molecule has 0 saturated carbocycles. The third kappa shape index (κ3) is 2.88. The van der Waals surface area contributed by atoms with Crippen LogP contribution >= 0.6 is 11.6 Å². The molecule has 1 amide bonds. The van der Waals surface area contributed by atoms with E-state index in [9.17, 15) is 14.9 Å². The fraction of sp³-hybridized carbons (Fsp3) is 0.500. The molecular weight excluding hydrogens is 284 g/mol. The van der Waals surface area contributed by atoms with Crippen molar-refractivity contribution in [2.24, 2.45) is 0 Å². The molecule has 1 atom stereocenters. The van der Waals surface area contributed by atoms with Crippen molar-refractivity contribution in [2.45, 2.75) is 18.9 Å². The minimum absolute atomic E-state index is 0.00397. The van der Waals surface area contributed by atoms with E-state index >= 15 is 0 Å². The van der Waals surface area contributed by atoms with Crippen LogP contribution in [0.5, 0.6) is 0 Å². The van der Waals surface area contributed by atoms with E-state index in [-0.39, 0.29) is 28.4 Å². The summed E-state index contributed by atoms with van der Waals surface area (Å²) in [6, 6.07) is 1.27. The van der Waals surface area contributed by atoms with Crippen molar-refractivity contribution >= 4 is 23.2 Å². The zero-order valence-electron chi connectivity index (χ0n) is 11.0. The second kappa shape index (κ2) is 6.15. The summed E-state index contributed by atoms with van der Waals surface area (Å²) >= 11 is 5.90. The Morgan fingerprint density at radius 1 is 1.70 bits per heavy atom. The summed E-state index contributed by atoms with van der Waals surface area (Å²) in [7, 11) is 1.82. The van der Waals surface area contributed by atoms with Gasteiger partial charge in [-0.25, -0.2) is 4.98 Å². The SMILES string of the molecule is CNCC1CCCN1C(=O)c1cc([N+](=O)[O-])cnc1Cl. The number of nitrogens with zero attached hydrogens (tertiary/aromatic N) is 3. The zero-order valence-corrected chi connectivity index (χ0v) is 11.8. The number of nitrogens with one attached hydrogen (secondary N) is 1. The predicted octanol–water partition coefficient (Wildman–Crippen LogP) is 1.47. The number of carbonyl (C=O) groups excluding carboxylic acids is 1. The third-order valence-electron chi connectivity index (χ3n) is 3.34. The average molecular weight is 299 g/mol. The van der Waals surface area contributed by atoms with E-state index in [1.165, 1.54) is 6.07 Å². The summed E-state index contributed by atoms with van der Waals surface area (Å²) in [6.07, 6.45) is 2.87. The van der Waals surface area contributed by atoms with Crippen molar-refractivity contribution in [1.29, 1.82) is 0 Å². The van der Waals surface area contributed by atoms with Gasteiger partial charge in [0.05, 0.1) is 10.5 Å². The second-order valence-electron chi connectivity index (χ2n) is 4.64. The first-order chi connectivity index (χ1) is 9.54. The quantitative estimate of drug-likeness (QED) is 0.516. The first kappa shape index (κ1) is 14.7. The molecule has 1 aliphatic rings. The van der Waals surface area contributed by atoms with E-state index in [0.29, 0.717) is 13.1 Å². The normalized spacial score (nSPS) is 18.3. The molecule has 1 saturated heterocycles. The number of carbonyl (C=O) groups is 1. The van der Waals surface area contributed by atoms with Crippen LogP contribution in [0.1, 0.15) is 23.2 Å². The topological polar surface area (TPSA) is 88.4 Å². The van der Waals surface area contributed by atoms with Crippen molar-refractivity contribution in [1.82, 2.24) is 15.2 Å². The number of pyridine rings is 1. The second-order valence-corrected chi connectivity index (χ2v) is 5.00. The maximum absolute atomic E-state index is 12.5. The van der Waals surface area contributed by atoms with Crippen LogP contribution in [0, 0.1) is 10.1 Å². The lowest BCUT2D eigenvalue weighted by atomic mass is 10.2. The van der Waals surface area contributed by atoms with Gasteiger partial charge in [-0.05, 0) is 19.9 Å². The van der Waals surface area contributed by atoms with E-state index < -0.39 is 4.92 Å². The molecule has 1 N–H and O–H groups in total. The van der Waals surface area contributed by atoms with Gasteiger partial charge in [-0.1, -0.05) is 11.6 Å². The van der Waals surface area contributed by atoms with Crippen molar-refractivity contribution in [2.75, 3.05) is 20.1 Å². The van der Waals surface area contributed by atoms with Gasteiger partial charge in [-0.15, -0.1) is 0 Å². The van der Waals surface area contributed by atoms with Crippen LogP contribution < -0.4 is 5.32 Å². The van der Waals surface area contributed by atoms with Gasteiger partial charge >= 0.3 is 0 Å². The van der Waals surface area contributed by atoms with Crippen LogP contribution in [-0.2, 0) is 0 Å². The number of hydrogen-bond acceptors (Lipinski definition) is 5. The number of halogens is 1. The Balaban J connectivity index is 2.28. The number of amides is 1. The summed E-state index contributed by atoms with van der Waals surface area (Å²) in [5.74, 6) is -0.302. The monoisotopic (exact) mass is 298 g/mol. The van der Waals surface area contributed by atoms with Gasteiger partial charge < -0.3 is 10.2 Å². The van der Waals surface area contributed by atoms with Crippen LogP contribution in [0.25, 0.3) is 0 Å². The Morgan fingerprint density at radius 2 is 2.45 bits per heavy atom. The highest BCUT2D eigenvalue weighted by Gasteiger charge is 2.31. The van der Waals surface area contributed by atoms with Gasteiger partial charge in [0.15, 0.2) is 0 Å². The minimum atomic E-state index is -0.588. The Labute approximate surface area is 121 Å². The summed E-state index contributed by atoms with van der Waals surface area (Å²) in [6.45, 7) is 1.32. The highest BCUT2D eigenvalue weighted by atomic mass is 35.5. The Morgan fingerprint density at radius 3 is 3.10 bits per heavy atom. The van der Waals surface area contributed by atoms with Crippen LogP contribution in [-0.4, -0.2) is 46.9 Å². The lowest BCUT2D eigenvalue weighted by Crippen LogP contribution is -2.41. The molecule has 1 aliphatic heterocycles. The molecule has 8 heteroatoms. The Hall–Kier alpha value is -1.73. The van der Waals surface area contributed by atoms with Gasteiger partial charge in [-0.2, -0.15) is 0 Å². The molecule has 0 radical (unpaired) electrons. The number of hydrogen-bond donors (Lipinski definition) is 1. The van der Waals surface area contributed by atoms with Crippen molar-refractivity contribution in [3.8, 4) is 0 Å². The maximum Gasteiger partial charge on any atom is 0.288 e. The molecule has 0 aromatic carbocycles. The lowest BCUT2D eigenvalue weighted by molar-refractivity contribution is -0.385. The average Bonchev–Trinajstić information content (AvgIpc) is 2.87. The zero-order chi connectivity index (χ0) is 14.7. The van der Waals surface area contributed by atoms with E-state index in [1.54, 1.807) is 4.90 Å². The highest BCUT2D eigenvalue weighted by molar-refractivity contribution is 6.32. The summed E-state index contributed by atoms with van der Waals surface area (Å²) in [5, 5.41) is 13.8. The van der Waals surface area contributed by atoms with E-state index in [0.717, 1.165) is 19.0 Å². The fourth-order valence-corrected chi connectivity index (χ4v) is 2.58. The lowest BCUT2D eigenvalue weighted by Gasteiger charge is -2.24. The molecule has 1 unspecified atom stereocenters. The smallest absolute Gasteiger partial charge is 0.288 e. The van der Waals surface area contributed by atoms with Gasteiger partial charge in [0.25, 0.3) is 11.6 Å². The van der Waals surface area contributed by atoms with Crippen molar-refractivity contribution < 1.29 is 9.72 Å². The number of rotatable bonds is 4. The number of nitro groups is 1. The molecule has 1 fully saturated rings. The van der Waals surface area contributed by atoms with Gasteiger partial charge in [0.1, 0.15) is 11.3 Å². The summed E-state index contributed by atoms with van der Waals surface area (Å²) < 4.78 is 0. The molecule has 1 aromatic rings. The maximum atomic E-state index is 12.5. The third-order valence-corrected chi connectivity index (χ3v) is 3.64. The number of aromatic nitrogens is 1. The minimum Gasteiger partial charge on any atom is -0.334 e. The molecule has 108 valence electrons. The van der Waals surface area contributed by atoms with E-state index in [1.807, 2.05) is 7.05 Å². The first-order valence-electron chi connectivity index (χ1n) is 6.30. The largest absolute Gasteiger partial charge is 0.334 e. The first-order valence-corrected chi connectivity index (χ1v) is 6.68. The summed E-state index contributed by atoms with van der Waals surface area (Å²) in [5.41, 5.74) is -0.147. The molecule has 0 spiro atoms. The van der Waals surface area contributed by atoms with Gasteiger partial charge in [-0.3, -0.25) is 14.9 Å². The molecule has 2 rings (SSSR count). The number of likely N-dealkylation sites (tertiary alicyclic amines) is 1. The predicted molar refractivity (Wildman–Crippen MR) is 73.9 cm³/mol. The highest BCUT2D eigenvalue weighted by Crippen LogP contribution is 2.25. The molecular formula is C12H15ClN4O3. The standard InChI is InChI=1S/C12H15ClN4O3/c1-14-6-8-3-2-4-16(8)12(18)10-5-9(17(19)20)7-15-11(10)13/h5,7-8,14H,2-4,6H2,1H3. The fourth-order valence-electron chi connectivity index (χ4n) is 2.39.